The average Bonchev–Trinajstić information content (AvgIpc) is 2.86. The summed E-state index contributed by atoms with van der Waals surface area (Å²) in [7, 11) is 0. The lowest BCUT2D eigenvalue weighted by molar-refractivity contribution is -0.128. The molecule has 1 unspecified atom stereocenters. The second-order valence-electron chi connectivity index (χ2n) is 5.41. The maximum Gasteiger partial charge on any atom is 0.233 e. The first-order valence-electron chi connectivity index (χ1n) is 7.30. The van der Waals surface area contributed by atoms with Crippen LogP contribution in [0.3, 0.4) is 0 Å². The number of hydrogen-bond acceptors (Lipinski definition) is 3. The van der Waals surface area contributed by atoms with Crippen LogP contribution in [-0.2, 0) is 4.79 Å². The summed E-state index contributed by atoms with van der Waals surface area (Å²) < 4.78 is 0. The van der Waals surface area contributed by atoms with Gasteiger partial charge in [0.25, 0.3) is 0 Å². The van der Waals surface area contributed by atoms with Crippen LogP contribution in [0.2, 0.25) is 0 Å². The van der Waals surface area contributed by atoms with E-state index < -0.39 is 5.41 Å². The van der Waals surface area contributed by atoms with Crippen molar-refractivity contribution in [3.63, 3.8) is 0 Å². The Morgan fingerprint density at radius 2 is 2.05 bits per heavy atom. The molecule has 0 aromatic heterocycles. The maximum absolute atomic E-state index is 12.4. The molecule has 0 aromatic rings. The fourth-order valence-electron chi connectivity index (χ4n) is 2.80. The molecule has 0 aliphatic carbocycles. The molecule has 5 heteroatoms. The van der Waals surface area contributed by atoms with E-state index >= 15 is 0 Å². The van der Waals surface area contributed by atoms with Gasteiger partial charge in [0.05, 0.1) is 10.4 Å². The van der Waals surface area contributed by atoms with E-state index in [1.54, 1.807) is 0 Å². The Labute approximate surface area is 122 Å². The number of rotatable bonds is 7. The molecule has 110 valence electrons. The summed E-state index contributed by atoms with van der Waals surface area (Å²) in [5.74, 6) is 0.557. The number of amides is 1. The Hall–Kier alpha value is -0.680. The van der Waals surface area contributed by atoms with Gasteiger partial charge in [-0.15, -0.1) is 0 Å². The SMILES string of the molecule is CCN1CCC(CNC(=O)C(CC)(CC)C(N)=S)C1. The molecule has 1 aliphatic rings. The maximum atomic E-state index is 12.4. The molecular formula is C14H27N3OS. The van der Waals surface area contributed by atoms with Crippen molar-refractivity contribution in [3.05, 3.63) is 0 Å². The Balaban J connectivity index is 2.52. The molecule has 1 amide bonds. The van der Waals surface area contributed by atoms with E-state index in [2.05, 4.69) is 17.1 Å². The predicted octanol–water partition coefficient (Wildman–Crippen LogP) is 1.54. The number of carbonyl (C=O) groups is 1. The zero-order valence-corrected chi connectivity index (χ0v) is 13.2. The third kappa shape index (κ3) is 3.66. The summed E-state index contributed by atoms with van der Waals surface area (Å²) in [5, 5.41) is 3.06. The molecule has 19 heavy (non-hydrogen) atoms. The van der Waals surface area contributed by atoms with Crippen LogP contribution in [0.5, 0.6) is 0 Å². The van der Waals surface area contributed by atoms with Gasteiger partial charge >= 0.3 is 0 Å². The summed E-state index contributed by atoms with van der Waals surface area (Å²) in [6.45, 7) is 10.2. The summed E-state index contributed by atoms with van der Waals surface area (Å²) in [6.07, 6.45) is 2.49. The van der Waals surface area contributed by atoms with E-state index in [-0.39, 0.29) is 5.91 Å². The zero-order valence-electron chi connectivity index (χ0n) is 12.4. The standard InChI is InChI=1S/C14H27N3OS/c1-4-14(5-2,12(15)19)13(18)16-9-11-7-8-17(6-3)10-11/h11H,4-10H2,1-3H3,(H2,15,19)(H,16,18). The molecule has 1 rings (SSSR count). The molecule has 1 atom stereocenters. The fourth-order valence-corrected chi connectivity index (χ4v) is 3.19. The number of thiocarbonyl (C=S) groups is 1. The van der Waals surface area contributed by atoms with Crippen molar-refractivity contribution in [2.45, 2.75) is 40.0 Å². The van der Waals surface area contributed by atoms with Crippen LogP contribution in [0.15, 0.2) is 0 Å². The molecule has 3 N–H and O–H groups in total. The van der Waals surface area contributed by atoms with Gasteiger partial charge in [-0.05, 0) is 38.3 Å². The smallest absolute Gasteiger partial charge is 0.233 e. The topological polar surface area (TPSA) is 58.4 Å². The van der Waals surface area contributed by atoms with Crippen LogP contribution in [0.4, 0.5) is 0 Å². The van der Waals surface area contributed by atoms with Crippen molar-refractivity contribution in [2.24, 2.45) is 17.1 Å². The van der Waals surface area contributed by atoms with Crippen LogP contribution in [0, 0.1) is 11.3 Å². The molecule has 0 saturated carbocycles. The first kappa shape index (κ1) is 16.4. The highest BCUT2D eigenvalue weighted by molar-refractivity contribution is 7.80. The van der Waals surface area contributed by atoms with Crippen LogP contribution in [0.25, 0.3) is 0 Å². The molecule has 0 aromatic carbocycles. The van der Waals surface area contributed by atoms with Crippen molar-refractivity contribution in [2.75, 3.05) is 26.2 Å². The fraction of sp³-hybridized carbons (Fsp3) is 0.857. The van der Waals surface area contributed by atoms with E-state index in [1.165, 1.54) is 0 Å². The summed E-state index contributed by atoms with van der Waals surface area (Å²) >= 11 is 5.10. The Bertz CT molecular complexity index is 329. The molecule has 0 radical (unpaired) electrons. The Morgan fingerprint density at radius 1 is 1.42 bits per heavy atom. The van der Waals surface area contributed by atoms with Crippen LogP contribution in [-0.4, -0.2) is 42.0 Å². The first-order chi connectivity index (χ1) is 9.00. The normalized spacial score (nSPS) is 20.5. The lowest BCUT2D eigenvalue weighted by atomic mass is 9.81. The predicted molar refractivity (Wildman–Crippen MR) is 83.0 cm³/mol. The van der Waals surface area contributed by atoms with E-state index in [1.807, 2.05) is 13.8 Å². The molecule has 0 bridgehead atoms. The number of likely N-dealkylation sites (tertiary alicyclic amines) is 1. The van der Waals surface area contributed by atoms with Crippen molar-refractivity contribution < 1.29 is 4.79 Å². The average molecular weight is 285 g/mol. The van der Waals surface area contributed by atoms with Gasteiger partial charge in [-0.3, -0.25) is 4.79 Å². The van der Waals surface area contributed by atoms with Gasteiger partial charge in [-0.2, -0.15) is 0 Å². The molecular weight excluding hydrogens is 258 g/mol. The molecule has 4 nitrogen and oxygen atoms in total. The minimum Gasteiger partial charge on any atom is -0.392 e. The van der Waals surface area contributed by atoms with Crippen molar-refractivity contribution >= 4 is 23.1 Å². The van der Waals surface area contributed by atoms with Gasteiger partial charge in [0.1, 0.15) is 0 Å². The highest BCUT2D eigenvalue weighted by Gasteiger charge is 2.38. The van der Waals surface area contributed by atoms with Crippen molar-refractivity contribution in [1.82, 2.24) is 10.2 Å². The molecule has 1 saturated heterocycles. The number of nitrogens with one attached hydrogen (secondary N) is 1. The summed E-state index contributed by atoms with van der Waals surface area (Å²) in [6, 6.07) is 0. The minimum atomic E-state index is -0.668. The van der Waals surface area contributed by atoms with Gasteiger partial charge in [0.15, 0.2) is 0 Å². The molecule has 1 aliphatic heterocycles. The highest BCUT2D eigenvalue weighted by atomic mass is 32.1. The van der Waals surface area contributed by atoms with Gasteiger partial charge < -0.3 is 16.0 Å². The van der Waals surface area contributed by atoms with Crippen LogP contribution < -0.4 is 11.1 Å². The number of carbonyl (C=O) groups excluding carboxylic acids is 1. The Kier molecular flexibility index (Phi) is 6.20. The van der Waals surface area contributed by atoms with E-state index in [9.17, 15) is 4.79 Å². The van der Waals surface area contributed by atoms with Crippen molar-refractivity contribution in [3.8, 4) is 0 Å². The summed E-state index contributed by atoms with van der Waals surface area (Å²) in [4.78, 5) is 15.1. The number of nitrogens with zero attached hydrogens (tertiary/aromatic N) is 1. The van der Waals surface area contributed by atoms with Gasteiger partial charge in [0.2, 0.25) is 5.91 Å². The largest absolute Gasteiger partial charge is 0.392 e. The molecule has 1 fully saturated rings. The summed E-state index contributed by atoms with van der Waals surface area (Å²) in [5.41, 5.74) is 5.12. The molecule has 0 spiro atoms. The van der Waals surface area contributed by atoms with Gasteiger partial charge in [0, 0.05) is 13.1 Å². The number of nitrogens with two attached hydrogens (primary N) is 1. The first-order valence-corrected chi connectivity index (χ1v) is 7.71. The zero-order chi connectivity index (χ0) is 14.5. The highest BCUT2D eigenvalue weighted by Crippen LogP contribution is 2.27. The third-order valence-corrected chi connectivity index (χ3v) is 4.87. The van der Waals surface area contributed by atoms with E-state index in [0.29, 0.717) is 23.7 Å². The third-order valence-electron chi connectivity index (χ3n) is 4.48. The Morgan fingerprint density at radius 3 is 2.47 bits per heavy atom. The monoisotopic (exact) mass is 285 g/mol. The van der Waals surface area contributed by atoms with Crippen LogP contribution >= 0.6 is 12.2 Å². The molecule has 1 heterocycles. The van der Waals surface area contributed by atoms with Gasteiger partial charge in [-0.25, -0.2) is 0 Å². The van der Waals surface area contributed by atoms with Crippen LogP contribution in [0.1, 0.15) is 40.0 Å². The van der Waals surface area contributed by atoms with E-state index in [4.69, 9.17) is 18.0 Å². The second kappa shape index (κ2) is 7.20. The number of hydrogen-bond donors (Lipinski definition) is 2. The lowest BCUT2D eigenvalue weighted by Gasteiger charge is -2.29. The minimum absolute atomic E-state index is 0.0000477. The van der Waals surface area contributed by atoms with Gasteiger partial charge in [-0.1, -0.05) is 33.0 Å². The lowest BCUT2D eigenvalue weighted by Crippen LogP contribution is -2.49. The quantitative estimate of drug-likeness (QED) is 0.697. The van der Waals surface area contributed by atoms with E-state index in [0.717, 1.165) is 32.6 Å². The van der Waals surface area contributed by atoms with Crippen molar-refractivity contribution in [1.29, 1.82) is 0 Å². The second-order valence-corrected chi connectivity index (χ2v) is 5.85.